The van der Waals surface area contributed by atoms with Crippen LogP contribution in [0.25, 0.3) is 10.9 Å². The third kappa shape index (κ3) is 3.35. The van der Waals surface area contributed by atoms with E-state index in [-0.39, 0.29) is 23.8 Å². The molecule has 7 heteroatoms. The van der Waals surface area contributed by atoms with Crippen LogP contribution in [-0.4, -0.2) is 26.2 Å². The second kappa shape index (κ2) is 6.72. The standard InChI is InChI=1S/C18H18N4O3/c1-11(18(25)19-8-13-7-17(24)21-10-20-13)22-9-15(12(2)23)14-5-3-4-6-16(14)22/h3-7,9-11H,8H2,1-2H3,(H,19,25)(H,20,21,24). The van der Waals surface area contributed by atoms with Crippen molar-refractivity contribution < 1.29 is 9.59 Å². The van der Waals surface area contributed by atoms with Crippen LogP contribution in [0.15, 0.2) is 47.7 Å². The number of hydrogen-bond donors (Lipinski definition) is 2. The number of aromatic amines is 1. The minimum absolute atomic E-state index is 0.0460. The molecule has 3 rings (SSSR count). The molecule has 0 fully saturated rings. The van der Waals surface area contributed by atoms with E-state index in [1.807, 2.05) is 24.3 Å². The highest BCUT2D eigenvalue weighted by Crippen LogP contribution is 2.25. The van der Waals surface area contributed by atoms with Gasteiger partial charge in [-0.3, -0.25) is 14.4 Å². The van der Waals surface area contributed by atoms with Gasteiger partial charge in [-0.05, 0) is 19.9 Å². The Morgan fingerprint density at radius 1 is 1.32 bits per heavy atom. The summed E-state index contributed by atoms with van der Waals surface area (Å²) in [4.78, 5) is 42.0. The molecule has 1 amide bonds. The van der Waals surface area contributed by atoms with E-state index in [0.29, 0.717) is 11.3 Å². The maximum Gasteiger partial charge on any atom is 0.250 e. The Bertz CT molecular complexity index is 1000. The SMILES string of the molecule is CC(=O)c1cn(C(C)C(=O)NCc2cc(=O)[nH]cn2)c2ccccc12. The number of Topliss-reactive ketones (excluding diaryl/α,β-unsaturated/α-hetero) is 1. The fraction of sp³-hybridized carbons (Fsp3) is 0.222. The number of aromatic nitrogens is 3. The highest BCUT2D eigenvalue weighted by atomic mass is 16.2. The first-order valence-electron chi connectivity index (χ1n) is 7.89. The van der Waals surface area contributed by atoms with Crippen molar-refractivity contribution in [3.63, 3.8) is 0 Å². The van der Waals surface area contributed by atoms with Crippen LogP contribution in [0.2, 0.25) is 0 Å². The number of fused-ring (bicyclic) bond motifs is 1. The van der Waals surface area contributed by atoms with E-state index in [4.69, 9.17) is 0 Å². The van der Waals surface area contributed by atoms with Gasteiger partial charge in [-0.2, -0.15) is 0 Å². The lowest BCUT2D eigenvalue weighted by atomic mass is 10.1. The summed E-state index contributed by atoms with van der Waals surface area (Å²) in [6, 6.07) is 8.30. The molecule has 0 aliphatic carbocycles. The van der Waals surface area contributed by atoms with Gasteiger partial charge in [-0.1, -0.05) is 18.2 Å². The molecular formula is C18H18N4O3. The molecule has 3 aromatic rings. The van der Waals surface area contributed by atoms with Crippen molar-refractivity contribution in [3.8, 4) is 0 Å². The van der Waals surface area contributed by atoms with E-state index in [1.165, 1.54) is 19.3 Å². The number of carbonyl (C=O) groups excluding carboxylic acids is 2. The summed E-state index contributed by atoms with van der Waals surface area (Å²) < 4.78 is 1.78. The molecule has 0 bridgehead atoms. The van der Waals surface area contributed by atoms with Crippen LogP contribution in [0.4, 0.5) is 0 Å². The Hall–Kier alpha value is -3.22. The van der Waals surface area contributed by atoms with Crippen LogP contribution in [0.3, 0.4) is 0 Å². The van der Waals surface area contributed by atoms with Gasteiger partial charge in [0.25, 0.3) is 5.56 Å². The number of H-pyrrole nitrogens is 1. The molecule has 0 aliphatic rings. The second-order valence-electron chi connectivity index (χ2n) is 5.82. The Morgan fingerprint density at radius 3 is 2.80 bits per heavy atom. The topological polar surface area (TPSA) is 96.9 Å². The van der Waals surface area contributed by atoms with Gasteiger partial charge in [0.2, 0.25) is 5.91 Å². The lowest BCUT2D eigenvalue weighted by Crippen LogP contribution is -2.31. The van der Waals surface area contributed by atoms with Crippen LogP contribution in [0, 0.1) is 0 Å². The molecule has 128 valence electrons. The normalized spacial score (nSPS) is 12.1. The molecule has 2 aromatic heterocycles. The first kappa shape index (κ1) is 16.6. The van der Waals surface area contributed by atoms with Gasteiger partial charge in [-0.15, -0.1) is 0 Å². The Labute approximate surface area is 143 Å². The van der Waals surface area contributed by atoms with Gasteiger partial charge in [-0.25, -0.2) is 4.98 Å². The summed E-state index contributed by atoms with van der Waals surface area (Å²) in [5.74, 6) is -0.270. The number of rotatable bonds is 5. The molecule has 2 heterocycles. The molecule has 25 heavy (non-hydrogen) atoms. The lowest BCUT2D eigenvalue weighted by Gasteiger charge is -2.15. The van der Waals surface area contributed by atoms with E-state index >= 15 is 0 Å². The maximum atomic E-state index is 12.5. The van der Waals surface area contributed by atoms with Crippen LogP contribution < -0.4 is 10.9 Å². The second-order valence-corrected chi connectivity index (χ2v) is 5.82. The van der Waals surface area contributed by atoms with Crippen molar-refractivity contribution in [1.29, 1.82) is 0 Å². The fourth-order valence-electron chi connectivity index (χ4n) is 2.76. The van der Waals surface area contributed by atoms with E-state index < -0.39 is 6.04 Å². The zero-order valence-electron chi connectivity index (χ0n) is 13.9. The molecule has 7 nitrogen and oxygen atoms in total. The van der Waals surface area contributed by atoms with Crippen LogP contribution in [-0.2, 0) is 11.3 Å². The number of nitrogens with zero attached hydrogens (tertiary/aromatic N) is 2. The molecule has 0 radical (unpaired) electrons. The summed E-state index contributed by atoms with van der Waals surface area (Å²) in [5, 5.41) is 3.59. The lowest BCUT2D eigenvalue weighted by molar-refractivity contribution is -0.123. The highest BCUT2D eigenvalue weighted by Gasteiger charge is 2.20. The molecular weight excluding hydrogens is 320 g/mol. The number of benzene rings is 1. The van der Waals surface area contributed by atoms with Crippen LogP contribution in [0.5, 0.6) is 0 Å². The number of hydrogen-bond acceptors (Lipinski definition) is 4. The molecule has 1 unspecified atom stereocenters. The van der Waals surface area contributed by atoms with Gasteiger partial charge in [0.05, 0.1) is 18.6 Å². The quantitative estimate of drug-likeness (QED) is 0.693. The van der Waals surface area contributed by atoms with Crippen molar-refractivity contribution >= 4 is 22.6 Å². The summed E-state index contributed by atoms with van der Waals surface area (Å²) in [6.45, 7) is 3.43. The summed E-state index contributed by atoms with van der Waals surface area (Å²) >= 11 is 0. The van der Waals surface area contributed by atoms with E-state index in [1.54, 1.807) is 17.7 Å². The van der Waals surface area contributed by atoms with Crippen molar-refractivity contribution in [2.45, 2.75) is 26.4 Å². The first-order chi connectivity index (χ1) is 12.0. The highest BCUT2D eigenvalue weighted by molar-refractivity contribution is 6.07. The van der Waals surface area contributed by atoms with Crippen LogP contribution in [0.1, 0.15) is 35.9 Å². The third-order valence-electron chi connectivity index (χ3n) is 4.10. The van der Waals surface area contributed by atoms with Crippen molar-refractivity contribution in [1.82, 2.24) is 19.9 Å². The molecule has 2 N–H and O–H groups in total. The Balaban J connectivity index is 1.84. The van der Waals surface area contributed by atoms with Gasteiger partial charge in [0.15, 0.2) is 5.78 Å². The van der Waals surface area contributed by atoms with Crippen molar-refractivity contribution in [2.24, 2.45) is 0 Å². The minimum Gasteiger partial charge on any atom is -0.349 e. The number of carbonyl (C=O) groups is 2. The molecule has 1 atom stereocenters. The summed E-state index contributed by atoms with van der Waals surface area (Å²) in [5.41, 5.74) is 1.62. The van der Waals surface area contributed by atoms with Gasteiger partial charge < -0.3 is 14.9 Å². The predicted octanol–water partition coefficient (Wildman–Crippen LogP) is 1.80. The number of nitrogens with one attached hydrogen (secondary N) is 2. The predicted molar refractivity (Wildman–Crippen MR) is 93.4 cm³/mol. The monoisotopic (exact) mass is 338 g/mol. The Kier molecular flexibility index (Phi) is 4.47. The van der Waals surface area contributed by atoms with Crippen LogP contribution >= 0.6 is 0 Å². The van der Waals surface area contributed by atoms with Crippen molar-refractivity contribution in [3.05, 3.63) is 64.5 Å². The maximum absolute atomic E-state index is 12.5. The number of amides is 1. The first-order valence-corrected chi connectivity index (χ1v) is 7.89. The molecule has 1 aromatic carbocycles. The summed E-state index contributed by atoms with van der Waals surface area (Å²) in [6.07, 6.45) is 3.01. The van der Waals surface area contributed by atoms with E-state index in [9.17, 15) is 14.4 Å². The number of ketones is 1. The fourth-order valence-corrected chi connectivity index (χ4v) is 2.76. The summed E-state index contributed by atoms with van der Waals surface area (Å²) in [7, 11) is 0. The molecule has 0 saturated carbocycles. The minimum atomic E-state index is -0.514. The molecule has 0 aliphatic heterocycles. The van der Waals surface area contributed by atoms with Gasteiger partial charge >= 0.3 is 0 Å². The van der Waals surface area contributed by atoms with Crippen molar-refractivity contribution in [2.75, 3.05) is 0 Å². The smallest absolute Gasteiger partial charge is 0.250 e. The third-order valence-corrected chi connectivity index (χ3v) is 4.10. The average molecular weight is 338 g/mol. The van der Waals surface area contributed by atoms with E-state index in [2.05, 4.69) is 15.3 Å². The van der Waals surface area contributed by atoms with Gasteiger partial charge in [0.1, 0.15) is 6.04 Å². The average Bonchev–Trinajstić information content (AvgIpc) is 2.99. The Morgan fingerprint density at radius 2 is 2.08 bits per heavy atom. The number of para-hydroxylation sites is 1. The zero-order chi connectivity index (χ0) is 18.0. The van der Waals surface area contributed by atoms with Gasteiger partial charge in [0, 0.05) is 28.7 Å². The zero-order valence-corrected chi connectivity index (χ0v) is 13.9. The molecule has 0 saturated heterocycles. The van der Waals surface area contributed by atoms with E-state index in [0.717, 1.165) is 10.9 Å². The molecule has 0 spiro atoms. The largest absolute Gasteiger partial charge is 0.349 e.